The Morgan fingerprint density at radius 1 is 1.03 bits per heavy atom. The first-order chi connectivity index (χ1) is 14.4. The van der Waals surface area contributed by atoms with Crippen LogP contribution in [0.4, 0.5) is 0 Å². The second-order valence-corrected chi connectivity index (χ2v) is 8.54. The molecule has 4 aromatic rings. The van der Waals surface area contributed by atoms with Crippen molar-refractivity contribution in [2.45, 2.75) is 26.4 Å². The molecule has 152 valence electrons. The molecule has 0 bridgehead atoms. The van der Waals surface area contributed by atoms with Crippen LogP contribution in [0.5, 0.6) is 0 Å². The molecule has 2 aromatic heterocycles. The molecule has 0 spiro atoms. The molecule has 0 aliphatic rings. The average Bonchev–Trinajstić information content (AvgIpc) is 3.22. The van der Waals surface area contributed by atoms with E-state index in [2.05, 4.69) is 4.98 Å². The first-order valence-corrected chi connectivity index (χ1v) is 10.8. The molecule has 0 saturated heterocycles. The van der Waals surface area contributed by atoms with Gasteiger partial charge in [-0.3, -0.25) is 13.9 Å². The van der Waals surface area contributed by atoms with Gasteiger partial charge in [0.25, 0.3) is 5.56 Å². The Bertz CT molecular complexity index is 1290. The number of benzene rings is 2. The molecular weight excluding hydrogens is 418 g/mol. The fourth-order valence-corrected chi connectivity index (χ4v) is 4.15. The van der Waals surface area contributed by atoms with E-state index in [1.165, 1.54) is 15.9 Å². The first kappa shape index (κ1) is 20.3. The van der Waals surface area contributed by atoms with Crippen LogP contribution in [0.15, 0.2) is 75.8 Å². The summed E-state index contributed by atoms with van der Waals surface area (Å²) < 4.78 is 2.87. The molecule has 2 heterocycles. The molecule has 0 saturated carbocycles. The van der Waals surface area contributed by atoms with Crippen molar-refractivity contribution in [1.29, 1.82) is 0 Å². The van der Waals surface area contributed by atoms with Crippen molar-refractivity contribution in [3.05, 3.63) is 97.6 Å². The highest BCUT2D eigenvalue weighted by Crippen LogP contribution is 2.28. The number of hydrogen-bond acceptors (Lipinski definition) is 4. The predicted molar refractivity (Wildman–Crippen MR) is 122 cm³/mol. The van der Waals surface area contributed by atoms with E-state index in [0.717, 1.165) is 16.8 Å². The maximum absolute atomic E-state index is 13.3. The smallest absolute Gasteiger partial charge is 0.297 e. The van der Waals surface area contributed by atoms with Crippen molar-refractivity contribution in [2.24, 2.45) is 0 Å². The van der Waals surface area contributed by atoms with Crippen LogP contribution in [0.2, 0.25) is 5.02 Å². The van der Waals surface area contributed by atoms with Gasteiger partial charge in [0.05, 0.1) is 17.8 Å². The van der Waals surface area contributed by atoms with E-state index >= 15 is 0 Å². The highest BCUT2D eigenvalue weighted by atomic mass is 35.5. The van der Waals surface area contributed by atoms with Crippen LogP contribution in [0.3, 0.4) is 0 Å². The second kappa shape index (κ2) is 8.42. The molecule has 0 aliphatic carbocycles. The highest BCUT2D eigenvalue weighted by Gasteiger charge is 2.18. The van der Waals surface area contributed by atoms with E-state index in [1.54, 1.807) is 10.8 Å². The van der Waals surface area contributed by atoms with Gasteiger partial charge in [-0.15, -0.1) is 11.3 Å². The third-order valence-electron chi connectivity index (χ3n) is 4.81. The summed E-state index contributed by atoms with van der Waals surface area (Å²) in [6.07, 6.45) is 1.63. The van der Waals surface area contributed by atoms with Crippen LogP contribution in [-0.2, 0) is 6.54 Å². The van der Waals surface area contributed by atoms with Crippen molar-refractivity contribution in [1.82, 2.24) is 14.1 Å². The lowest BCUT2D eigenvalue weighted by Crippen LogP contribution is -2.41. The Morgan fingerprint density at radius 2 is 1.73 bits per heavy atom. The molecule has 0 atom stereocenters. The number of halogens is 1. The molecule has 0 amide bonds. The zero-order valence-corrected chi connectivity index (χ0v) is 18.2. The van der Waals surface area contributed by atoms with E-state index in [1.807, 2.05) is 73.8 Å². The van der Waals surface area contributed by atoms with Gasteiger partial charge in [0, 0.05) is 28.2 Å². The summed E-state index contributed by atoms with van der Waals surface area (Å²) in [5.74, 6) is 0. The molecule has 0 radical (unpaired) electrons. The van der Waals surface area contributed by atoms with Crippen molar-refractivity contribution < 1.29 is 0 Å². The number of rotatable bonds is 5. The third kappa shape index (κ3) is 4.01. The molecule has 0 N–H and O–H groups in total. The van der Waals surface area contributed by atoms with E-state index in [-0.39, 0.29) is 23.8 Å². The lowest BCUT2D eigenvalue weighted by molar-refractivity contribution is 0.522. The maximum atomic E-state index is 13.3. The summed E-state index contributed by atoms with van der Waals surface area (Å²) in [6.45, 7) is 4.06. The van der Waals surface area contributed by atoms with Crippen molar-refractivity contribution in [2.75, 3.05) is 0 Å². The quantitative estimate of drug-likeness (QED) is 0.437. The van der Waals surface area contributed by atoms with Gasteiger partial charge in [-0.1, -0.05) is 54.1 Å². The minimum absolute atomic E-state index is 0.0884. The van der Waals surface area contributed by atoms with E-state index in [4.69, 9.17) is 11.6 Å². The molecular formula is C23H20ClN3O2S. The topological polar surface area (TPSA) is 56.9 Å². The van der Waals surface area contributed by atoms with E-state index in [0.29, 0.717) is 15.6 Å². The number of nitrogens with zero attached hydrogens (tertiary/aromatic N) is 3. The first-order valence-electron chi connectivity index (χ1n) is 9.56. The fraction of sp³-hybridized carbons (Fsp3) is 0.174. The Labute approximate surface area is 182 Å². The van der Waals surface area contributed by atoms with Gasteiger partial charge >= 0.3 is 5.69 Å². The van der Waals surface area contributed by atoms with Gasteiger partial charge in [-0.25, -0.2) is 9.78 Å². The number of thiazole rings is 1. The molecule has 7 heteroatoms. The van der Waals surface area contributed by atoms with Crippen molar-refractivity contribution in [3.63, 3.8) is 0 Å². The normalized spacial score (nSPS) is 11.2. The Hall–Kier alpha value is -2.96. The minimum Gasteiger partial charge on any atom is -0.297 e. The Kier molecular flexibility index (Phi) is 5.70. The van der Waals surface area contributed by atoms with Gasteiger partial charge in [-0.05, 0) is 31.5 Å². The van der Waals surface area contributed by atoms with Crippen LogP contribution >= 0.6 is 22.9 Å². The summed E-state index contributed by atoms with van der Waals surface area (Å²) in [5, 5.41) is 3.15. The summed E-state index contributed by atoms with van der Waals surface area (Å²) >= 11 is 7.36. The van der Waals surface area contributed by atoms with Crippen molar-refractivity contribution >= 4 is 22.9 Å². The summed E-state index contributed by atoms with van der Waals surface area (Å²) in [4.78, 5) is 30.9. The van der Waals surface area contributed by atoms with Gasteiger partial charge in [0.15, 0.2) is 0 Å². The number of hydrogen-bond donors (Lipinski definition) is 0. The molecule has 0 aliphatic heterocycles. The van der Waals surface area contributed by atoms with Crippen LogP contribution in [0.25, 0.3) is 21.8 Å². The molecule has 30 heavy (non-hydrogen) atoms. The summed E-state index contributed by atoms with van der Waals surface area (Å²) in [6, 6.07) is 16.8. The predicted octanol–water partition coefficient (Wildman–Crippen LogP) is 5.08. The van der Waals surface area contributed by atoms with E-state index < -0.39 is 0 Å². The van der Waals surface area contributed by atoms with Gasteiger partial charge in [0.1, 0.15) is 5.01 Å². The van der Waals surface area contributed by atoms with Crippen molar-refractivity contribution in [3.8, 4) is 21.8 Å². The lowest BCUT2D eigenvalue weighted by Gasteiger charge is -2.15. The monoisotopic (exact) mass is 437 g/mol. The SMILES string of the molecule is CC(C)n1cc(-c2nc(-c3ccc(Cl)cc3)cs2)c(=O)n(Cc2ccccc2)c1=O. The average molecular weight is 438 g/mol. The molecule has 0 unspecified atom stereocenters. The molecule has 5 nitrogen and oxygen atoms in total. The van der Waals surface area contributed by atoms with Gasteiger partial charge in [-0.2, -0.15) is 0 Å². The van der Waals surface area contributed by atoms with Gasteiger partial charge in [0.2, 0.25) is 0 Å². The molecule has 4 rings (SSSR count). The second-order valence-electron chi connectivity index (χ2n) is 7.25. The zero-order valence-electron chi connectivity index (χ0n) is 16.6. The maximum Gasteiger partial charge on any atom is 0.331 e. The van der Waals surface area contributed by atoms with Crippen LogP contribution in [0.1, 0.15) is 25.5 Å². The number of aromatic nitrogens is 3. The standard InChI is InChI=1S/C23H20ClN3O2S/c1-15(2)26-13-19(21-25-20(14-30-21)17-8-10-18(24)11-9-17)22(28)27(23(26)29)12-16-6-4-3-5-7-16/h3-11,13-15H,12H2,1-2H3. The highest BCUT2D eigenvalue weighted by molar-refractivity contribution is 7.13. The van der Waals surface area contributed by atoms with E-state index in [9.17, 15) is 9.59 Å². The van der Waals surface area contributed by atoms with Crippen LogP contribution < -0.4 is 11.2 Å². The Balaban J connectivity index is 1.83. The van der Waals surface area contributed by atoms with Crippen LogP contribution in [0, 0.1) is 0 Å². The summed E-state index contributed by atoms with van der Waals surface area (Å²) in [5.41, 5.74) is 2.34. The minimum atomic E-state index is -0.335. The third-order valence-corrected chi connectivity index (χ3v) is 5.94. The molecule has 0 fully saturated rings. The fourth-order valence-electron chi connectivity index (χ4n) is 3.19. The Morgan fingerprint density at radius 3 is 2.40 bits per heavy atom. The summed E-state index contributed by atoms with van der Waals surface area (Å²) in [7, 11) is 0. The lowest BCUT2D eigenvalue weighted by atomic mass is 10.2. The van der Waals surface area contributed by atoms with Gasteiger partial charge < -0.3 is 0 Å². The largest absolute Gasteiger partial charge is 0.331 e. The van der Waals surface area contributed by atoms with Crippen LogP contribution in [-0.4, -0.2) is 14.1 Å². The zero-order chi connectivity index (χ0) is 21.3. The molecule has 2 aromatic carbocycles.